The smallest absolute Gasteiger partial charge is 0.254 e. The minimum atomic E-state index is -0.386. The predicted molar refractivity (Wildman–Crippen MR) is 135 cm³/mol. The van der Waals surface area contributed by atoms with Crippen LogP contribution in [0.1, 0.15) is 48.3 Å². The number of amides is 2. The fourth-order valence-electron chi connectivity index (χ4n) is 3.75. The Morgan fingerprint density at radius 1 is 0.912 bits per heavy atom. The second-order valence-electron chi connectivity index (χ2n) is 8.91. The first-order valence-electron chi connectivity index (χ1n) is 11.4. The topological polar surface area (TPSA) is 52.7 Å². The molecule has 1 N–H and O–H groups in total. The zero-order chi connectivity index (χ0) is 24.8. The molecule has 34 heavy (non-hydrogen) atoms. The van der Waals surface area contributed by atoms with Crippen molar-refractivity contribution in [1.29, 1.82) is 0 Å². The number of anilines is 2. The summed E-state index contributed by atoms with van der Waals surface area (Å²) in [6.07, 6.45) is 0. The standard InChI is InChI=1S/C28H32FN3O2/c1-19(2)27(33)30-25-15-16-26(31(4)5)23(17-25)18-32(20(3)21-9-7-6-8-10-21)28(34)22-11-13-24(29)14-12-22/h6-17,19-20H,18H2,1-5H3,(H,30,33)/t20-/m0/s1. The maximum atomic E-state index is 13.6. The van der Waals surface area contributed by atoms with Crippen LogP contribution in [0.5, 0.6) is 0 Å². The summed E-state index contributed by atoms with van der Waals surface area (Å²) in [4.78, 5) is 29.7. The number of benzene rings is 3. The Balaban J connectivity index is 2.03. The summed E-state index contributed by atoms with van der Waals surface area (Å²) in [5, 5.41) is 2.95. The van der Waals surface area contributed by atoms with Gasteiger partial charge in [0.1, 0.15) is 5.82 Å². The molecular weight excluding hydrogens is 429 g/mol. The Hall–Kier alpha value is -3.67. The van der Waals surface area contributed by atoms with Gasteiger partial charge >= 0.3 is 0 Å². The quantitative estimate of drug-likeness (QED) is 0.455. The Morgan fingerprint density at radius 2 is 1.56 bits per heavy atom. The van der Waals surface area contributed by atoms with Crippen molar-refractivity contribution in [2.75, 3.05) is 24.3 Å². The number of carbonyl (C=O) groups is 2. The van der Waals surface area contributed by atoms with Gasteiger partial charge in [0, 0.05) is 43.5 Å². The summed E-state index contributed by atoms with van der Waals surface area (Å²) in [7, 11) is 3.88. The van der Waals surface area contributed by atoms with Crippen molar-refractivity contribution in [2.24, 2.45) is 5.92 Å². The van der Waals surface area contributed by atoms with Crippen LogP contribution in [0.25, 0.3) is 0 Å². The van der Waals surface area contributed by atoms with Gasteiger partial charge in [-0.05, 0) is 60.5 Å². The minimum Gasteiger partial charge on any atom is -0.377 e. The highest BCUT2D eigenvalue weighted by atomic mass is 19.1. The van der Waals surface area contributed by atoms with Crippen molar-refractivity contribution in [1.82, 2.24) is 4.90 Å². The zero-order valence-corrected chi connectivity index (χ0v) is 20.4. The van der Waals surface area contributed by atoms with E-state index in [-0.39, 0.29) is 29.6 Å². The summed E-state index contributed by atoms with van der Waals surface area (Å²) in [6, 6.07) is 20.9. The molecule has 0 radical (unpaired) electrons. The first-order valence-corrected chi connectivity index (χ1v) is 11.4. The average molecular weight is 462 g/mol. The van der Waals surface area contributed by atoms with E-state index in [1.807, 2.05) is 88.3 Å². The van der Waals surface area contributed by atoms with Gasteiger partial charge in [0.05, 0.1) is 6.04 Å². The largest absolute Gasteiger partial charge is 0.377 e. The number of nitrogens with one attached hydrogen (secondary N) is 1. The summed E-state index contributed by atoms with van der Waals surface area (Å²) < 4.78 is 13.5. The van der Waals surface area contributed by atoms with Gasteiger partial charge in [0.25, 0.3) is 5.91 Å². The SMILES string of the molecule is CC(C)C(=O)Nc1ccc(N(C)C)c(CN(C(=O)c2ccc(F)cc2)[C@@H](C)c2ccccc2)c1. The average Bonchev–Trinajstić information content (AvgIpc) is 2.82. The molecule has 0 bridgehead atoms. The molecule has 0 aromatic heterocycles. The fraction of sp³-hybridized carbons (Fsp3) is 0.286. The van der Waals surface area contributed by atoms with Crippen molar-refractivity contribution >= 4 is 23.2 Å². The van der Waals surface area contributed by atoms with E-state index in [4.69, 9.17) is 0 Å². The molecule has 5 nitrogen and oxygen atoms in total. The van der Waals surface area contributed by atoms with E-state index in [1.165, 1.54) is 24.3 Å². The number of nitrogens with zero attached hydrogens (tertiary/aromatic N) is 2. The number of carbonyl (C=O) groups excluding carboxylic acids is 2. The molecule has 1 atom stereocenters. The van der Waals surface area contributed by atoms with Gasteiger partial charge in [-0.3, -0.25) is 9.59 Å². The lowest BCUT2D eigenvalue weighted by atomic mass is 10.0. The van der Waals surface area contributed by atoms with Gasteiger partial charge in [0.2, 0.25) is 5.91 Å². The lowest BCUT2D eigenvalue weighted by Gasteiger charge is -2.32. The van der Waals surface area contributed by atoms with E-state index < -0.39 is 0 Å². The molecule has 0 saturated carbocycles. The molecule has 178 valence electrons. The predicted octanol–water partition coefficient (Wildman–Crippen LogP) is 5.89. The van der Waals surface area contributed by atoms with Crippen LogP contribution < -0.4 is 10.2 Å². The Kier molecular flexibility index (Phi) is 8.05. The van der Waals surface area contributed by atoms with E-state index in [0.717, 1.165) is 16.8 Å². The van der Waals surface area contributed by atoms with E-state index in [2.05, 4.69) is 5.32 Å². The third kappa shape index (κ3) is 6.01. The van der Waals surface area contributed by atoms with E-state index in [9.17, 15) is 14.0 Å². The number of rotatable bonds is 8. The minimum absolute atomic E-state index is 0.0690. The highest BCUT2D eigenvalue weighted by Crippen LogP contribution is 2.30. The zero-order valence-electron chi connectivity index (χ0n) is 20.4. The molecule has 0 fully saturated rings. The van der Waals surface area contributed by atoms with E-state index in [0.29, 0.717) is 17.8 Å². The lowest BCUT2D eigenvalue weighted by Crippen LogP contribution is -2.34. The van der Waals surface area contributed by atoms with Crippen LogP contribution in [0.4, 0.5) is 15.8 Å². The fourth-order valence-corrected chi connectivity index (χ4v) is 3.75. The molecule has 0 aliphatic carbocycles. The van der Waals surface area contributed by atoms with Gasteiger partial charge in [-0.2, -0.15) is 0 Å². The Labute approximate surface area is 201 Å². The summed E-state index contributed by atoms with van der Waals surface area (Å²) >= 11 is 0. The molecule has 0 spiro atoms. The molecule has 2 amide bonds. The van der Waals surface area contributed by atoms with Crippen molar-refractivity contribution in [3.05, 3.63) is 95.3 Å². The molecule has 0 aliphatic heterocycles. The molecule has 3 aromatic rings. The molecule has 3 rings (SSSR count). The van der Waals surface area contributed by atoms with Crippen LogP contribution in [-0.2, 0) is 11.3 Å². The number of halogens is 1. The first-order chi connectivity index (χ1) is 16.2. The van der Waals surface area contributed by atoms with Crippen molar-refractivity contribution < 1.29 is 14.0 Å². The van der Waals surface area contributed by atoms with E-state index >= 15 is 0 Å². The van der Waals surface area contributed by atoms with Crippen LogP contribution in [0.15, 0.2) is 72.8 Å². The Morgan fingerprint density at radius 3 is 2.15 bits per heavy atom. The van der Waals surface area contributed by atoms with Crippen LogP contribution >= 0.6 is 0 Å². The monoisotopic (exact) mass is 461 g/mol. The van der Waals surface area contributed by atoms with Gasteiger partial charge in [-0.1, -0.05) is 44.2 Å². The first kappa shape index (κ1) is 25.0. The number of hydrogen-bond acceptors (Lipinski definition) is 3. The van der Waals surface area contributed by atoms with Gasteiger partial charge in [-0.15, -0.1) is 0 Å². The third-order valence-electron chi connectivity index (χ3n) is 5.80. The van der Waals surface area contributed by atoms with Crippen LogP contribution in [-0.4, -0.2) is 30.8 Å². The van der Waals surface area contributed by atoms with Crippen LogP contribution in [0.2, 0.25) is 0 Å². The Bertz CT molecular complexity index is 1130. The molecule has 0 unspecified atom stereocenters. The lowest BCUT2D eigenvalue weighted by molar-refractivity contribution is -0.118. The summed E-state index contributed by atoms with van der Waals surface area (Å²) in [5.41, 5.74) is 3.93. The summed E-state index contributed by atoms with van der Waals surface area (Å²) in [6.45, 7) is 5.98. The van der Waals surface area contributed by atoms with Crippen LogP contribution in [0.3, 0.4) is 0 Å². The van der Waals surface area contributed by atoms with Crippen molar-refractivity contribution in [3.63, 3.8) is 0 Å². The molecular formula is C28H32FN3O2. The van der Waals surface area contributed by atoms with Crippen molar-refractivity contribution in [3.8, 4) is 0 Å². The normalized spacial score (nSPS) is 11.7. The van der Waals surface area contributed by atoms with Gasteiger partial charge in [-0.25, -0.2) is 4.39 Å². The van der Waals surface area contributed by atoms with Crippen molar-refractivity contribution in [2.45, 2.75) is 33.4 Å². The van der Waals surface area contributed by atoms with Crippen LogP contribution in [0, 0.1) is 11.7 Å². The van der Waals surface area contributed by atoms with Gasteiger partial charge < -0.3 is 15.1 Å². The molecule has 0 heterocycles. The second kappa shape index (κ2) is 11.0. The maximum Gasteiger partial charge on any atom is 0.254 e. The summed E-state index contributed by atoms with van der Waals surface area (Å²) in [5.74, 6) is -0.799. The number of hydrogen-bond donors (Lipinski definition) is 1. The maximum absolute atomic E-state index is 13.6. The van der Waals surface area contributed by atoms with Gasteiger partial charge in [0.15, 0.2) is 0 Å². The highest BCUT2D eigenvalue weighted by Gasteiger charge is 2.25. The molecule has 6 heteroatoms. The molecule has 0 aliphatic rings. The molecule has 0 saturated heterocycles. The van der Waals surface area contributed by atoms with E-state index in [1.54, 1.807) is 4.90 Å². The molecule has 3 aromatic carbocycles. The second-order valence-corrected chi connectivity index (χ2v) is 8.91. The third-order valence-corrected chi connectivity index (χ3v) is 5.80. The highest BCUT2D eigenvalue weighted by molar-refractivity contribution is 5.95.